The lowest BCUT2D eigenvalue weighted by atomic mass is 10.0. The van der Waals surface area contributed by atoms with Crippen LogP contribution >= 0.6 is 0 Å². The lowest BCUT2D eigenvalue weighted by Gasteiger charge is -2.30. The van der Waals surface area contributed by atoms with Crippen LogP contribution in [0.3, 0.4) is 0 Å². The molecule has 1 saturated heterocycles. The predicted octanol–water partition coefficient (Wildman–Crippen LogP) is 0.316. The fourth-order valence-corrected chi connectivity index (χ4v) is 4.36. The topological polar surface area (TPSA) is 104 Å². The van der Waals surface area contributed by atoms with Gasteiger partial charge in [0.1, 0.15) is 6.54 Å². The van der Waals surface area contributed by atoms with Gasteiger partial charge in [0.15, 0.2) is 9.84 Å². The molecular formula is C12H22N2O5S. The first-order chi connectivity index (χ1) is 9.03. The molecule has 1 atom stereocenters. The molecule has 2 amide bonds. The largest absolute Gasteiger partial charge is 0.480 e. The van der Waals surface area contributed by atoms with Crippen molar-refractivity contribution in [3.8, 4) is 0 Å². The number of aliphatic carboxylic acids is 1. The smallest absolute Gasteiger partial charge is 0.323 e. The van der Waals surface area contributed by atoms with Crippen LogP contribution in [0.25, 0.3) is 0 Å². The van der Waals surface area contributed by atoms with Crippen LogP contribution in [-0.4, -0.2) is 60.6 Å². The number of carbonyl (C=O) groups excluding carboxylic acids is 1. The molecule has 1 heterocycles. The molecule has 0 aromatic rings. The van der Waals surface area contributed by atoms with E-state index in [1.54, 1.807) is 6.92 Å². The van der Waals surface area contributed by atoms with Crippen LogP contribution in [0.4, 0.5) is 4.79 Å². The number of hydrogen-bond donors (Lipinski definition) is 2. The molecule has 116 valence electrons. The van der Waals surface area contributed by atoms with E-state index in [1.807, 2.05) is 13.8 Å². The highest BCUT2D eigenvalue weighted by Crippen LogP contribution is 2.23. The molecule has 0 saturated carbocycles. The monoisotopic (exact) mass is 306 g/mol. The summed E-state index contributed by atoms with van der Waals surface area (Å²) in [5.41, 5.74) is -0.816. The van der Waals surface area contributed by atoms with Crippen LogP contribution in [-0.2, 0) is 14.6 Å². The van der Waals surface area contributed by atoms with Gasteiger partial charge in [-0.25, -0.2) is 13.2 Å². The molecule has 1 fully saturated rings. The summed E-state index contributed by atoms with van der Waals surface area (Å²) in [5, 5.41) is 11.5. The zero-order valence-corrected chi connectivity index (χ0v) is 12.9. The Morgan fingerprint density at radius 3 is 2.40 bits per heavy atom. The molecule has 0 aliphatic carbocycles. The van der Waals surface area contributed by atoms with Gasteiger partial charge in [0.05, 0.1) is 17.0 Å². The first kappa shape index (κ1) is 16.7. The summed E-state index contributed by atoms with van der Waals surface area (Å²) in [7, 11) is -3.12. The van der Waals surface area contributed by atoms with E-state index in [4.69, 9.17) is 5.11 Å². The van der Waals surface area contributed by atoms with E-state index in [9.17, 15) is 18.0 Å². The van der Waals surface area contributed by atoms with Crippen molar-refractivity contribution in [1.82, 2.24) is 10.2 Å². The van der Waals surface area contributed by atoms with Crippen molar-refractivity contribution >= 4 is 21.8 Å². The van der Waals surface area contributed by atoms with Gasteiger partial charge in [0, 0.05) is 6.54 Å². The lowest BCUT2D eigenvalue weighted by molar-refractivity contribution is -0.137. The predicted molar refractivity (Wildman–Crippen MR) is 74.3 cm³/mol. The van der Waals surface area contributed by atoms with Gasteiger partial charge in [0.2, 0.25) is 0 Å². The maximum Gasteiger partial charge on any atom is 0.323 e. The van der Waals surface area contributed by atoms with Crippen molar-refractivity contribution in [2.75, 3.05) is 24.6 Å². The van der Waals surface area contributed by atoms with Crippen molar-refractivity contribution in [2.24, 2.45) is 5.92 Å². The average Bonchev–Trinajstić information content (AvgIpc) is 2.50. The van der Waals surface area contributed by atoms with Crippen molar-refractivity contribution < 1.29 is 23.1 Å². The Kier molecular flexibility index (Phi) is 5.01. The number of amides is 2. The van der Waals surface area contributed by atoms with Gasteiger partial charge in [-0.05, 0) is 19.3 Å². The Hall–Kier alpha value is -1.31. The zero-order chi connectivity index (χ0) is 15.6. The van der Waals surface area contributed by atoms with E-state index in [2.05, 4.69) is 5.32 Å². The maximum atomic E-state index is 12.1. The third-order valence-corrected chi connectivity index (χ3v) is 5.01. The van der Waals surface area contributed by atoms with Crippen LogP contribution < -0.4 is 5.32 Å². The fraction of sp³-hybridized carbons (Fsp3) is 0.833. The van der Waals surface area contributed by atoms with Gasteiger partial charge >= 0.3 is 12.0 Å². The van der Waals surface area contributed by atoms with Crippen LogP contribution in [0.15, 0.2) is 0 Å². The number of carboxylic acids is 1. The molecule has 0 aromatic heterocycles. The molecule has 8 heteroatoms. The lowest BCUT2D eigenvalue weighted by Crippen LogP contribution is -2.54. The van der Waals surface area contributed by atoms with Crippen LogP contribution in [0.2, 0.25) is 0 Å². The van der Waals surface area contributed by atoms with Gasteiger partial charge < -0.3 is 15.3 Å². The van der Waals surface area contributed by atoms with Crippen molar-refractivity contribution in [2.45, 2.75) is 32.7 Å². The van der Waals surface area contributed by atoms with E-state index >= 15 is 0 Å². The number of sulfone groups is 1. The molecule has 1 aliphatic heterocycles. The molecule has 0 bridgehead atoms. The number of rotatable bonds is 5. The summed E-state index contributed by atoms with van der Waals surface area (Å²) >= 11 is 0. The third-order valence-electron chi connectivity index (χ3n) is 3.11. The number of nitrogens with zero attached hydrogens (tertiary/aromatic N) is 1. The molecule has 0 radical (unpaired) electrons. The third kappa shape index (κ3) is 4.99. The normalized spacial score (nSPS) is 24.6. The molecule has 1 unspecified atom stereocenters. The molecule has 1 aliphatic rings. The summed E-state index contributed by atoms with van der Waals surface area (Å²) in [5.74, 6) is -1.02. The summed E-state index contributed by atoms with van der Waals surface area (Å²) in [6.45, 7) is 5.34. The van der Waals surface area contributed by atoms with Gasteiger partial charge in [0.25, 0.3) is 0 Å². The van der Waals surface area contributed by atoms with Crippen molar-refractivity contribution in [1.29, 1.82) is 0 Å². The van der Waals surface area contributed by atoms with Gasteiger partial charge in [-0.2, -0.15) is 0 Å². The Morgan fingerprint density at radius 1 is 1.40 bits per heavy atom. The number of hydrogen-bond acceptors (Lipinski definition) is 4. The highest BCUT2D eigenvalue weighted by Gasteiger charge is 2.40. The Bertz CT molecular complexity index is 488. The summed E-state index contributed by atoms with van der Waals surface area (Å²) < 4.78 is 23.0. The molecule has 7 nitrogen and oxygen atoms in total. The summed E-state index contributed by atoms with van der Waals surface area (Å²) in [6.07, 6.45) is 0.351. The SMILES string of the molecule is CC(C)CN(CC(=O)O)C(=O)NC1(C)CCS(=O)(=O)C1. The molecule has 20 heavy (non-hydrogen) atoms. The average molecular weight is 306 g/mol. The quantitative estimate of drug-likeness (QED) is 0.761. The first-order valence-electron chi connectivity index (χ1n) is 6.52. The Morgan fingerprint density at radius 2 is 2.00 bits per heavy atom. The molecule has 2 N–H and O–H groups in total. The standard InChI is InChI=1S/C12H22N2O5S/c1-9(2)6-14(7-10(15)16)11(17)13-12(3)4-5-20(18,19)8-12/h9H,4-8H2,1-3H3,(H,13,17)(H,15,16). The van der Waals surface area contributed by atoms with E-state index in [0.717, 1.165) is 0 Å². The zero-order valence-electron chi connectivity index (χ0n) is 12.0. The van der Waals surface area contributed by atoms with E-state index in [1.165, 1.54) is 4.90 Å². The highest BCUT2D eigenvalue weighted by molar-refractivity contribution is 7.91. The van der Waals surface area contributed by atoms with Crippen molar-refractivity contribution in [3.63, 3.8) is 0 Å². The molecular weight excluding hydrogens is 284 g/mol. The second-order valence-corrected chi connectivity index (χ2v) is 8.19. The van der Waals surface area contributed by atoms with Gasteiger partial charge in [-0.1, -0.05) is 13.8 Å². The van der Waals surface area contributed by atoms with E-state index in [-0.39, 0.29) is 17.4 Å². The molecule has 0 aromatic carbocycles. The number of carboxylic acid groups (broad SMARTS) is 1. The number of carbonyl (C=O) groups is 2. The first-order valence-corrected chi connectivity index (χ1v) is 8.34. The number of urea groups is 1. The van der Waals surface area contributed by atoms with Crippen molar-refractivity contribution in [3.05, 3.63) is 0 Å². The minimum absolute atomic E-state index is 0.0485. The second-order valence-electron chi connectivity index (χ2n) is 6.00. The van der Waals surface area contributed by atoms with Gasteiger partial charge in [-0.3, -0.25) is 4.79 Å². The van der Waals surface area contributed by atoms with E-state index < -0.39 is 33.9 Å². The summed E-state index contributed by atoms with van der Waals surface area (Å²) in [4.78, 5) is 24.1. The second kappa shape index (κ2) is 5.99. The molecule has 1 rings (SSSR count). The Labute approximate surface area is 119 Å². The minimum atomic E-state index is -3.12. The van der Waals surface area contributed by atoms with Gasteiger partial charge in [-0.15, -0.1) is 0 Å². The number of nitrogens with one attached hydrogen (secondary N) is 1. The van der Waals surface area contributed by atoms with E-state index in [0.29, 0.717) is 13.0 Å². The minimum Gasteiger partial charge on any atom is -0.480 e. The van der Waals surface area contributed by atoms with Crippen LogP contribution in [0.5, 0.6) is 0 Å². The highest BCUT2D eigenvalue weighted by atomic mass is 32.2. The van der Waals surface area contributed by atoms with Crippen LogP contribution in [0, 0.1) is 5.92 Å². The Balaban J connectivity index is 2.73. The maximum absolute atomic E-state index is 12.1. The summed E-state index contributed by atoms with van der Waals surface area (Å²) in [6, 6.07) is -0.527. The fourth-order valence-electron chi connectivity index (χ4n) is 2.27. The molecule has 0 spiro atoms. The van der Waals surface area contributed by atoms with Crippen LogP contribution in [0.1, 0.15) is 27.2 Å².